The standard InChI is InChI=1S/C18H19ClN4O2S/c1-10-7-14(8-11(2)16(10)19)25-9-23-6-5-15(22-23)17(24)21-18-20-12(3)13(4)26-18/h5-8H,9H2,1-4H3,(H,20,21,24). The van der Waals surface area contributed by atoms with Crippen LogP contribution in [0.4, 0.5) is 5.13 Å². The van der Waals surface area contributed by atoms with Gasteiger partial charge in [0.25, 0.3) is 5.91 Å². The molecule has 0 aliphatic rings. The second kappa shape index (κ2) is 7.47. The average molecular weight is 391 g/mol. The lowest BCUT2D eigenvalue weighted by molar-refractivity contribution is 0.102. The van der Waals surface area contributed by atoms with Gasteiger partial charge in [0.1, 0.15) is 5.75 Å². The number of rotatable bonds is 5. The van der Waals surface area contributed by atoms with Crippen LogP contribution in [-0.4, -0.2) is 20.7 Å². The van der Waals surface area contributed by atoms with E-state index >= 15 is 0 Å². The number of aryl methyl sites for hydroxylation is 4. The molecule has 0 bridgehead atoms. The summed E-state index contributed by atoms with van der Waals surface area (Å²) < 4.78 is 7.30. The van der Waals surface area contributed by atoms with Gasteiger partial charge in [-0.15, -0.1) is 11.3 Å². The highest BCUT2D eigenvalue weighted by Gasteiger charge is 2.13. The minimum absolute atomic E-state index is 0.198. The summed E-state index contributed by atoms with van der Waals surface area (Å²) in [5.74, 6) is 0.412. The van der Waals surface area contributed by atoms with Crippen LogP contribution in [0.15, 0.2) is 24.4 Å². The van der Waals surface area contributed by atoms with Crippen molar-refractivity contribution in [3.8, 4) is 5.75 Å². The lowest BCUT2D eigenvalue weighted by atomic mass is 10.1. The molecular formula is C18H19ClN4O2S. The Balaban J connectivity index is 1.63. The van der Waals surface area contributed by atoms with Gasteiger partial charge in [-0.3, -0.25) is 10.1 Å². The fourth-order valence-electron chi connectivity index (χ4n) is 2.37. The molecule has 0 saturated heterocycles. The number of thiazole rings is 1. The third-order valence-corrected chi connectivity index (χ3v) is 5.48. The summed E-state index contributed by atoms with van der Waals surface area (Å²) in [6, 6.07) is 5.39. The molecule has 0 unspecified atom stereocenters. The van der Waals surface area contributed by atoms with Crippen LogP contribution in [0.5, 0.6) is 5.75 Å². The van der Waals surface area contributed by atoms with E-state index in [4.69, 9.17) is 16.3 Å². The Bertz CT molecular complexity index is 922. The van der Waals surface area contributed by atoms with Crippen molar-refractivity contribution < 1.29 is 9.53 Å². The molecule has 1 amide bonds. The second-order valence-electron chi connectivity index (χ2n) is 6.00. The van der Waals surface area contributed by atoms with E-state index in [0.717, 1.165) is 26.7 Å². The molecule has 0 saturated carbocycles. The van der Waals surface area contributed by atoms with E-state index in [2.05, 4.69) is 15.4 Å². The molecule has 1 aromatic carbocycles. The number of nitrogens with zero attached hydrogens (tertiary/aromatic N) is 3. The van der Waals surface area contributed by atoms with Gasteiger partial charge < -0.3 is 4.74 Å². The van der Waals surface area contributed by atoms with Crippen molar-refractivity contribution in [1.29, 1.82) is 0 Å². The Morgan fingerprint density at radius 1 is 1.27 bits per heavy atom. The van der Waals surface area contributed by atoms with Gasteiger partial charge in [-0.1, -0.05) is 11.6 Å². The minimum Gasteiger partial charge on any atom is -0.471 e. The van der Waals surface area contributed by atoms with Gasteiger partial charge in [-0.2, -0.15) is 5.10 Å². The lowest BCUT2D eigenvalue weighted by Gasteiger charge is -2.10. The third kappa shape index (κ3) is 4.05. The minimum atomic E-state index is -0.296. The van der Waals surface area contributed by atoms with Gasteiger partial charge in [0.2, 0.25) is 0 Å². The van der Waals surface area contributed by atoms with E-state index in [0.29, 0.717) is 16.6 Å². The number of nitrogens with one attached hydrogen (secondary N) is 1. The first-order valence-electron chi connectivity index (χ1n) is 8.02. The third-order valence-electron chi connectivity index (χ3n) is 3.90. The quantitative estimate of drug-likeness (QED) is 0.695. The van der Waals surface area contributed by atoms with Crippen LogP contribution in [0.1, 0.15) is 32.2 Å². The Morgan fingerprint density at radius 3 is 2.58 bits per heavy atom. The zero-order valence-electron chi connectivity index (χ0n) is 15.0. The molecule has 3 aromatic rings. The first-order valence-corrected chi connectivity index (χ1v) is 9.21. The summed E-state index contributed by atoms with van der Waals surface area (Å²) in [6.07, 6.45) is 1.70. The Morgan fingerprint density at radius 2 is 1.96 bits per heavy atom. The van der Waals surface area contributed by atoms with Crippen molar-refractivity contribution in [2.24, 2.45) is 0 Å². The second-order valence-corrected chi connectivity index (χ2v) is 7.58. The van der Waals surface area contributed by atoms with Crippen LogP contribution in [0.25, 0.3) is 0 Å². The maximum Gasteiger partial charge on any atom is 0.277 e. The zero-order valence-corrected chi connectivity index (χ0v) is 16.5. The smallest absolute Gasteiger partial charge is 0.277 e. The molecular weight excluding hydrogens is 372 g/mol. The SMILES string of the molecule is Cc1cc(OCn2ccc(C(=O)Nc3nc(C)c(C)s3)n2)cc(C)c1Cl. The van der Waals surface area contributed by atoms with E-state index in [9.17, 15) is 4.79 Å². The normalized spacial score (nSPS) is 10.8. The first kappa shape index (κ1) is 18.4. The summed E-state index contributed by atoms with van der Waals surface area (Å²) in [6.45, 7) is 7.94. The van der Waals surface area contributed by atoms with E-state index in [-0.39, 0.29) is 12.6 Å². The summed E-state index contributed by atoms with van der Waals surface area (Å²) in [5, 5.41) is 8.32. The summed E-state index contributed by atoms with van der Waals surface area (Å²) in [7, 11) is 0. The number of anilines is 1. The van der Waals surface area contributed by atoms with Gasteiger partial charge in [0.05, 0.1) is 5.69 Å². The molecule has 0 radical (unpaired) electrons. The number of hydrogen-bond acceptors (Lipinski definition) is 5. The molecule has 0 spiro atoms. The number of benzene rings is 1. The van der Waals surface area contributed by atoms with Crippen LogP contribution in [0, 0.1) is 27.7 Å². The van der Waals surface area contributed by atoms with Crippen LogP contribution < -0.4 is 10.1 Å². The maximum atomic E-state index is 12.3. The van der Waals surface area contributed by atoms with E-state index in [1.807, 2.05) is 39.8 Å². The summed E-state index contributed by atoms with van der Waals surface area (Å²) >= 11 is 7.60. The van der Waals surface area contributed by atoms with Crippen LogP contribution in [-0.2, 0) is 6.73 Å². The lowest BCUT2D eigenvalue weighted by Crippen LogP contribution is -2.14. The zero-order chi connectivity index (χ0) is 18.8. The number of aromatic nitrogens is 3. The molecule has 136 valence electrons. The fourth-order valence-corrected chi connectivity index (χ4v) is 3.29. The van der Waals surface area contributed by atoms with Gasteiger partial charge in [-0.25, -0.2) is 9.67 Å². The Labute approximate surface area is 160 Å². The van der Waals surface area contributed by atoms with Crippen LogP contribution in [0.2, 0.25) is 5.02 Å². The largest absolute Gasteiger partial charge is 0.471 e. The van der Waals surface area contributed by atoms with Crippen LogP contribution in [0.3, 0.4) is 0 Å². The molecule has 2 heterocycles. The number of hydrogen-bond donors (Lipinski definition) is 1. The van der Waals surface area contributed by atoms with Gasteiger partial charge in [-0.05, 0) is 57.0 Å². The Hall–Kier alpha value is -2.38. The van der Waals surface area contributed by atoms with Crippen molar-refractivity contribution in [2.75, 3.05) is 5.32 Å². The number of halogens is 1. The van der Waals surface area contributed by atoms with Crippen molar-refractivity contribution in [2.45, 2.75) is 34.4 Å². The van der Waals surface area contributed by atoms with Crippen LogP contribution >= 0.6 is 22.9 Å². The molecule has 3 rings (SSSR count). The first-order chi connectivity index (χ1) is 12.3. The summed E-state index contributed by atoms with van der Waals surface area (Å²) in [5.41, 5.74) is 3.13. The molecule has 8 heteroatoms. The number of carbonyl (C=O) groups excluding carboxylic acids is 1. The maximum absolute atomic E-state index is 12.3. The molecule has 0 aliphatic carbocycles. The average Bonchev–Trinajstić information content (AvgIpc) is 3.17. The molecule has 2 aromatic heterocycles. The van der Waals surface area contributed by atoms with E-state index in [1.165, 1.54) is 11.3 Å². The topological polar surface area (TPSA) is 69.0 Å². The highest BCUT2D eigenvalue weighted by Crippen LogP contribution is 2.26. The number of ether oxygens (including phenoxy) is 1. The fraction of sp³-hybridized carbons (Fsp3) is 0.278. The van der Waals surface area contributed by atoms with Crippen molar-refractivity contribution in [1.82, 2.24) is 14.8 Å². The van der Waals surface area contributed by atoms with Crippen molar-refractivity contribution >= 4 is 34.0 Å². The van der Waals surface area contributed by atoms with E-state index in [1.54, 1.807) is 16.9 Å². The van der Waals surface area contributed by atoms with Crippen molar-refractivity contribution in [3.63, 3.8) is 0 Å². The van der Waals surface area contributed by atoms with Gasteiger partial charge in [0, 0.05) is 16.1 Å². The number of amides is 1. The highest BCUT2D eigenvalue weighted by atomic mass is 35.5. The van der Waals surface area contributed by atoms with Gasteiger partial charge >= 0.3 is 0 Å². The number of carbonyl (C=O) groups is 1. The molecule has 0 atom stereocenters. The molecule has 1 N–H and O–H groups in total. The van der Waals surface area contributed by atoms with E-state index < -0.39 is 0 Å². The molecule has 0 aliphatic heterocycles. The monoisotopic (exact) mass is 390 g/mol. The van der Waals surface area contributed by atoms with Gasteiger partial charge in [0.15, 0.2) is 17.6 Å². The predicted molar refractivity (Wildman–Crippen MR) is 103 cm³/mol. The molecule has 0 fully saturated rings. The highest BCUT2D eigenvalue weighted by molar-refractivity contribution is 7.15. The molecule has 6 nitrogen and oxygen atoms in total. The Kier molecular flexibility index (Phi) is 5.29. The predicted octanol–water partition coefficient (Wildman–Crippen LogP) is 4.52. The van der Waals surface area contributed by atoms with Crippen molar-refractivity contribution in [3.05, 3.63) is 56.8 Å². The summed E-state index contributed by atoms with van der Waals surface area (Å²) in [4.78, 5) is 17.6. The molecule has 26 heavy (non-hydrogen) atoms.